The van der Waals surface area contributed by atoms with Gasteiger partial charge in [0.25, 0.3) is 0 Å². The highest BCUT2D eigenvalue weighted by molar-refractivity contribution is 7.15. The highest BCUT2D eigenvalue weighted by atomic mass is 35.5. The molecule has 0 atom stereocenters. The number of rotatable bonds is 5. The second-order valence-electron chi connectivity index (χ2n) is 4.41. The monoisotopic (exact) mass is 274 g/mol. The molecule has 0 spiro atoms. The largest absolute Gasteiger partial charge is 0.314 e. The van der Waals surface area contributed by atoms with Crippen LogP contribution in [0, 0.1) is 0 Å². The summed E-state index contributed by atoms with van der Waals surface area (Å²) < 4.78 is 0.635. The Labute approximate surface area is 112 Å². The normalized spacial score (nSPS) is 17.8. The minimum Gasteiger partial charge on any atom is -0.314 e. The van der Waals surface area contributed by atoms with Gasteiger partial charge in [0.05, 0.1) is 0 Å². The summed E-state index contributed by atoms with van der Waals surface area (Å²) in [7, 11) is 2.15. The second kappa shape index (κ2) is 6.66. The van der Waals surface area contributed by atoms with Gasteiger partial charge in [-0.15, -0.1) is 11.3 Å². The Morgan fingerprint density at radius 2 is 2.29 bits per heavy atom. The average Bonchev–Trinajstić information content (AvgIpc) is 2.73. The van der Waals surface area contributed by atoms with Crippen molar-refractivity contribution >= 4 is 22.9 Å². The number of hydrogen-bond donors (Lipinski definition) is 1. The van der Waals surface area contributed by atoms with E-state index >= 15 is 0 Å². The summed E-state index contributed by atoms with van der Waals surface area (Å²) in [6, 6.07) is 0. The maximum Gasteiger partial charge on any atom is 0.183 e. The second-order valence-corrected chi connectivity index (χ2v) is 6.11. The smallest absolute Gasteiger partial charge is 0.183 e. The number of hydrogen-bond acceptors (Lipinski definition) is 5. The van der Waals surface area contributed by atoms with Gasteiger partial charge in [-0.05, 0) is 7.05 Å². The molecule has 1 aliphatic rings. The molecule has 1 aromatic rings. The summed E-state index contributed by atoms with van der Waals surface area (Å²) in [6.45, 7) is 7.75. The number of nitrogens with zero attached hydrogens (tertiary/aromatic N) is 3. The topological polar surface area (TPSA) is 31.4 Å². The molecule has 2 rings (SSSR count). The van der Waals surface area contributed by atoms with E-state index in [1.165, 1.54) is 18.0 Å². The third-order valence-corrected chi connectivity index (χ3v) is 4.06. The van der Waals surface area contributed by atoms with Crippen molar-refractivity contribution in [3.63, 3.8) is 0 Å². The van der Waals surface area contributed by atoms with Crippen LogP contribution < -0.4 is 5.32 Å². The fourth-order valence-electron chi connectivity index (χ4n) is 1.95. The van der Waals surface area contributed by atoms with Crippen LogP contribution in [0.25, 0.3) is 0 Å². The molecule has 0 saturated carbocycles. The van der Waals surface area contributed by atoms with E-state index < -0.39 is 0 Å². The van der Waals surface area contributed by atoms with Crippen molar-refractivity contribution < 1.29 is 0 Å². The predicted molar refractivity (Wildman–Crippen MR) is 72.8 cm³/mol. The van der Waals surface area contributed by atoms with Crippen molar-refractivity contribution in [1.29, 1.82) is 0 Å². The van der Waals surface area contributed by atoms with Crippen LogP contribution in [0.4, 0.5) is 0 Å². The van der Waals surface area contributed by atoms with Crippen molar-refractivity contribution in [2.75, 3.05) is 46.3 Å². The van der Waals surface area contributed by atoms with Gasteiger partial charge in [-0.1, -0.05) is 11.6 Å². The Morgan fingerprint density at radius 1 is 1.53 bits per heavy atom. The molecule has 1 N–H and O–H groups in total. The molecule has 1 aliphatic heterocycles. The Kier molecular flexibility index (Phi) is 5.18. The molecule has 6 heteroatoms. The lowest BCUT2D eigenvalue weighted by Gasteiger charge is -2.28. The van der Waals surface area contributed by atoms with Gasteiger partial charge in [0.15, 0.2) is 4.47 Å². The van der Waals surface area contributed by atoms with Crippen LogP contribution in [0.1, 0.15) is 4.88 Å². The Hall–Kier alpha value is -0.200. The third-order valence-electron chi connectivity index (χ3n) is 2.96. The molecule has 1 aromatic heterocycles. The van der Waals surface area contributed by atoms with Crippen LogP contribution in [0.2, 0.25) is 4.47 Å². The van der Waals surface area contributed by atoms with Crippen molar-refractivity contribution in [1.82, 2.24) is 20.1 Å². The maximum absolute atomic E-state index is 5.82. The number of thiazole rings is 1. The van der Waals surface area contributed by atoms with Gasteiger partial charge >= 0.3 is 0 Å². The van der Waals surface area contributed by atoms with E-state index in [0.717, 1.165) is 32.7 Å². The molecule has 0 aliphatic carbocycles. The first-order chi connectivity index (χ1) is 8.24. The van der Waals surface area contributed by atoms with E-state index in [1.54, 1.807) is 11.3 Å². The predicted octanol–water partition coefficient (Wildman–Crippen LogP) is 1.13. The molecule has 0 radical (unpaired) electrons. The van der Waals surface area contributed by atoms with Crippen LogP contribution in [-0.4, -0.2) is 61.1 Å². The summed E-state index contributed by atoms with van der Waals surface area (Å²) in [5.74, 6) is 0. The lowest BCUT2D eigenvalue weighted by atomic mass is 10.3. The molecule has 1 saturated heterocycles. The zero-order valence-corrected chi connectivity index (χ0v) is 11.7. The molecule has 1 fully saturated rings. The zero-order chi connectivity index (χ0) is 12.1. The summed E-state index contributed by atoms with van der Waals surface area (Å²) >= 11 is 7.38. The van der Waals surface area contributed by atoms with E-state index in [2.05, 4.69) is 27.1 Å². The molecule has 96 valence electrons. The van der Waals surface area contributed by atoms with Crippen LogP contribution in [0.3, 0.4) is 0 Å². The fraction of sp³-hybridized carbons (Fsp3) is 0.727. The fourth-order valence-corrected chi connectivity index (χ4v) is 3.01. The first-order valence-corrected chi connectivity index (χ1v) is 7.15. The Balaban J connectivity index is 1.68. The maximum atomic E-state index is 5.82. The molecule has 0 unspecified atom stereocenters. The Morgan fingerprint density at radius 3 is 2.94 bits per heavy atom. The quantitative estimate of drug-likeness (QED) is 0.872. The third kappa shape index (κ3) is 4.52. The van der Waals surface area contributed by atoms with Gasteiger partial charge in [0, 0.05) is 56.9 Å². The number of likely N-dealkylation sites (N-methyl/N-ethyl adjacent to an activating group) is 1. The van der Waals surface area contributed by atoms with Gasteiger partial charge in [0.1, 0.15) is 0 Å². The average molecular weight is 275 g/mol. The standard InChI is InChI=1S/C11H19ClN4S/c1-15(9-10-8-14-11(12)17-10)6-7-16-4-2-13-3-5-16/h8,13H,2-7,9H2,1H3. The summed E-state index contributed by atoms with van der Waals surface area (Å²) in [6.07, 6.45) is 1.87. The number of aromatic nitrogens is 1. The van der Waals surface area contributed by atoms with Gasteiger partial charge < -0.3 is 5.32 Å². The molecule has 2 heterocycles. The van der Waals surface area contributed by atoms with E-state index in [1.807, 2.05) is 6.20 Å². The first-order valence-electron chi connectivity index (χ1n) is 5.96. The van der Waals surface area contributed by atoms with E-state index in [0.29, 0.717) is 4.47 Å². The lowest BCUT2D eigenvalue weighted by molar-refractivity contribution is 0.203. The van der Waals surface area contributed by atoms with Crippen molar-refractivity contribution in [3.8, 4) is 0 Å². The molecule has 0 amide bonds. The Bertz CT molecular complexity index is 338. The highest BCUT2D eigenvalue weighted by Crippen LogP contribution is 2.18. The first kappa shape index (κ1) is 13.2. The summed E-state index contributed by atoms with van der Waals surface area (Å²) in [4.78, 5) is 10.1. The van der Waals surface area contributed by atoms with E-state index in [-0.39, 0.29) is 0 Å². The molecule has 0 aromatic carbocycles. The van der Waals surface area contributed by atoms with Crippen LogP contribution >= 0.6 is 22.9 Å². The van der Waals surface area contributed by atoms with Crippen LogP contribution in [0.5, 0.6) is 0 Å². The number of nitrogens with one attached hydrogen (secondary N) is 1. The lowest BCUT2D eigenvalue weighted by Crippen LogP contribution is -2.45. The minimum absolute atomic E-state index is 0.635. The van der Waals surface area contributed by atoms with Crippen molar-refractivity contribution in [2.45, 2.75) is 6.54 Å². The van der Waals surface area contributed by atoms with Crippen LogP contribution in [-0.2, 0) is 6.54 Å². The minimum atomic E-state index is 0.635. The van der Waals surface area contributed by atoms with Gasteiger partial charge in [0.2, 0.25) is 0 Å². The van der Waals surface area contributed by atoms with Crippen LogP contribution in [0.15, 0.2) is 6.20 Å². The number of halogens is 1. The molecule has 4 nitrogen and oxygen atoms in total. The van der Waals surface area contributed by atoms with Crippen molar-refractivity contribution in [3.05, 3.63) is 15.5 Å². The van der Waals surface area contributed by atoms with Crippen molar-refractivity contribution in [2.24, 2.45) is 0 Å². The van der Waals surface area contributed by atoms with Gasteiger partial charge in [-0.3, -0.25) is 9.80 Å². The number of piperazine rings is 1. The SMILES string of the molecule is CN(CCN1CCNCC1)Cc1cnc(Cl)s1. The van der Waals surface area contributed by atoms with Gasteiger partial charge in [-0.2, -0.15) is 0 Å². The molecular formula is C11H19ClN4S. The van der Waals surface area contributed by atoms with E-state index in [4.69, 9.17) is 11.6 Å². The molecular weight excluding hydrogens is 256 g/mol. The summed E-state index contributed by atoms with van der Waals surface area (Å²) in [5, 5.41) is 3.37. The van der Waals surface area contributed by atoms with Gasteiger partial charge in [-0.25, -0.2) is 4.98 Å². The van der Waals surface area contributed by atoms with E-state index in [9.17, 15) is 0 Å². The molecule has 17 heavy (non-hydrogen) atoms. The highest BCUT2D eigenvalue weighted by Gasteiger charge is 2.10. The zero-order valence-electron chi connectivity index (χ0n) is 10.2. The molecule has 0 bridgehead atoms. The summed E-state index contributed by atoms with van der Waals surface area (Å²) in [5.41, 5.74) is 0.